The van der Waals surface area contributed by atoms with Gasteiger partial charge in [0.1, 0.15) is 5.56 Å². The van der Waals surface area contributed by atoms with Crippen LogP contribution in [0.25, 0.3) is 10.9 Å². The summed E-state index contributed by atoms with van der Waals surface area (Å²) in [7, 11) is -1.49. The number of amides is 1. The third-order valence-electron chi connectivity index (χ3n) is 6.15. The van der Waals surface area contributed by atoms with E-state index in [-0.39, 0.29) is 28.1 Å². The second-order valence-electron chi connectivity index (χ2n) is 12.2. The molecular formula is C31H40ClN2O5P. The van der Waals surface area contributed by atoms with E-state index in [1.807, 2.05) is 65.8 Å². The Bertz CT molecular complexity index is 1370. The zero-order valence-electron chi connectivity index (χ0n) is 24.3. The highest BCUT2D eigenvalue weighted by Crippen LogP contribution is 2.47. The Kier molecular flexibility index (Phi) is 9.74. The third kappa shape index (κ3) is 8.86. The van der Waals surface area contributed by atoms with Gasteiger partial charge in [-0.1, -0.05) is 29.8 Å². The molecule has 0 unspecified atom stereocenters. The first kappa shape index (κ1) is 30.7. The molecule has 1 saturated carbocycles. The van der Waals surface area contributed by atoms with Crippen molar-refractivity contribution >= 4 is 37.0 Å². The highest BCUT2D eigenvalue weighted by molar-refractivity contribution is 7.41. The number of nitrogens with one attached hydrogen (secondary N) is 1. The van der Waals surface area contributed by atoms with Crippen molar-refractivity contribution in [1.29, 1.82) is 0 Å². The molecule has 1 aliphatic rings. The van der Waals surface area contributed by atoms with Crippen LogP contribution in [0.2, 0.25) is 5.02 Å². The highest BCUT2D eigenvalue weighted by Gasteiger charge is 2.28. The molecule has 0 radical (unpaired) electrons. The molecule has 2 aromatic carbocycles. The van der Waals surface area contributed by atoms with Crippen molar-refractivity contribution in [2.24, 2.45) is 0 Å². The minimum absolute atomic E-state index is 0.165. The minimum Gasteiger partial charge on any atom is -0.348 e. The van der Waals surface area contributed by atoms with Crippen LogP contribution in [0.4, 0.5) is 0 Å². The molecule has 9 heteroatoms. The summed E-state index contributed by atoms with van der Waals surface area (Å²) in [6, 6.07) is 13.6. The predicted octanol–water partition coefficient (Wildman–Crippen LogP) is 7.73. The van der Waals surface area contributed by atoms with E-state index in [0.717, 1.165) is 42.3 Å². The fourth-order valence-electron chi connectivity index (χ4n) is 4.19. The van der Waals surface area contributed by atoms with Crippen molar-refractivity contribution in [2.45, 2.75) is 91.0 Å². The molecule has 4 rings (SSSR count). The largest absolute Gasteiger partial charge is 0.348 e. The van der Waals surface area contributed by atoms with Gasteiger partial charge in [0.2, 0.25) is 5.43 Å². The van der Waals surface area contributed by atoms with Gasteiger partial charge < -0.3 is 23.5 Å². The van der Waals surface area contributed by atoms with Gasteiger partial charge in [0.25, 0.3) is 5.91 Å². The van der Waals surface area contributed by atoms with Gasteiger partial charge in [-0.05, 0) is 103 Å². The number of benzene rings is 2. The summed E-state index contributed by atoms with van der Waals surface area (Å²) in [4.78, 5) is 26.6. The Morgan fingerprint density at radius 1 is 1.00 bits per heavy atom. The van der Waals surface area contributed by atoms with Crippen LogP contribution in [0.1, 0.15) is 88.3 Å². The minimum atomic E-state index is -1.49. The highest BCUT2D eigenvalue weighted by atomic mass is 35.5. The van der Waals surface area contributed by atoms with Gasteiger partial charge in [0, 0.05) is 29.2 Å². The van der Waals surface area contributed by atoms with Crippen molar-refractivity contribution < 1.29 is 18.4 Å². The zero-order valence-corrected chi connectivity index (χ0v) is 25.9. The maximum Gasteiger partial charge on any atom is 0.333 e. The molecule has 1 aliphatic carbocycles. The smallest absolute Gasteiger partial charge is 0.333 e. The van der Waals surface area contributed by atoms with Crippen molar-refractivity contribution in [3.05, 3.63) is 80.6 Å². The number of hydrogen-bond acceptors (Lipinski definition) is 5. The van der Waals surface area contributed by atoms with E-state index >= 15 is 0 Å². The van der Waals surface area contributed by atoms with Crippen LogP contribution in [-0.2, 0) is 26.5 Å². The molecule has 0 bridgehead atoms. The molecule has 3 aromatic rings. The van der Waals surface area contributed by atoms with E-state index in [4.69, 9.17) is 25.2 Å². The van der Waals surface area contributed by atoms with E-state index in [2.05, 4.69) is 16.0 Å². The number of pyridine rings is 1. The summed E-state index contributed by atoms with van der Waals surface area (Å²) in [5, 5.41) is 4.10. The average molecular weight is 587 g/mol. The molecule has 1 aromatic heterocycles. The Hall–Kier alpha value is -2.28. The van der Waals surface area contributed by atoms with Crippen molar-refractivity contribution in [1.82, 2.24) is 9.88 Å². The molecular weight excluding hydrogens is 547 g/mol. The Morgan fingerprint density at radius 2 is 1.62 bits per heavy atom. The van der Waals surface area contributed by atoms with Gasteiger partial charge in [0.15, 0.2) is 0 Å². The molecule has 7 nitrogen and oxygen atoms in total. The average Bonchev–Trinajstić information content (AvgIpc) is 3.70. The van der Waals surface area contributed by atoms with Gasteiger partial charge in [-0.15, -0.1) is 0 Å². The van der Waals surface area contributed by atoms with Gasteiger partial charge in [0.05, 0.1) is 23.3 Å². The van der Waals surface area contributed by atoms with Gasteiger partial charge in [-0.3, -0.25) is 9.59 Å². The van der Waals surface area contributed by atoms with Crippen LogP contribution in [0, 0.1) is 0 Å². The number of carbonyl (C=O) groups excluding carboxylic acids is 1. The Morgan fingerprint density at radius 3 is 2.23 bits per heavy atom. The van der Waals surface area contributed by atoms with Crippen molar-refractivity contribution in [2.75, 3.05) is 6.61 Å². The summed E-state index contributed by atoms with van der Waals surface area (Å²) >= 11 is 5.96. The molecule has 1 N–H and O–H groups in total. The first-order valence-corrected chi connectivity index (χ1v) is 15.3. The molecule has 1 heterocycles. The normalized spacial score (nSPS) is 14.2. The Labute approximate surface area is 243 Å². The first-order valence-electron chi connectivity index (χ1n) is 13.8. The monoisotopic (exact) mass is 586 g/mol. The van der Waals surface area contributed by atoms with Gasteiger partial charge >= 0.3 is 8.60 Å². The molecule has 1 fully saturated rings. The van der Waals surface area contributed by atoms with Crippen molar-refractivity contribution in [3.8, 4) is 0 Å². The summed E-state index contributed by atoms with van der Waals surface area (Å²) in [5.41, 5.74) is 1.95. The summed E-state index contributed by atoms with van der Waals surface area (Å²) in [6.45, 7) is 12.7. The lowest BCUT2D eigenvalue weighted by atomic mass is 10.0. The lowest BCUT2D eigenvalue weighted by Gasteiger charge is -2.30. The fourth-order valence-corrected chi connectivity index (χ4v) is 5.63. The predicted molar refractivity (Wildman–Crippen MR) is 162 cm³/mol. The van der Waals surface area contributed by atoms with Crippen molar-refractivity contribution in [3.63, 3.8) is 0 Å². The number of carbonyl (C=O) groups is 1. The van der Waals surface area contributed by atoms with Crippen LogP contribution in [0.3, 0.4) is 0 Å². The lowest BCUT2D eigenvalue weighted by molar-refractivity contribution is 0.0327. The third-order valence-corrected chi connectivity index (χ3v) is 8.19. The number of fused-ring (bicyclic) bond motifs is 1. The molecule has 40 heavy (non-hydrogen) atoms. The molecule has 1 amide bonds. The summed E-state index contributed by atoms with van der Waals surface area (Å²) in [6.07, 6.45) is 5.27. The van der Waals surface area contributed by atoms with E-state index < -0.39 is 8.60 Å². The van der Waals surface area contributed by atoms with E-state index in [9.17, 15) is 9.59 Å². The molecule has 0 aliphatic heterocycles. The molecule has 0 spiro atoms. The summed E-state index contributed by atoms with van der Waals surface area (Å²) in [5.74, 6) is -0.374. The summed E-state index contributed by atoms with van der Waals surface area (Å²) < 4.78 is 20.1. The van der Waals surface area contributed by atoms with E-state index in [0.29, 0.717) is 29.6 Å². The lowest BCUT2D eigenvalue weighted by Crippen LogP contribution is -2.29. The van der Waals surface area contributed by atoms with E-state index in [1.165, 1.54) is 0 Å². The van der Waals surface area contributed by atoms with Gasteiger partial charge in [-0.2, -0.15) is 0 Å². The van der Waals surface area contributed by atoms with E-state index in [1.54, 1.807) is 18.3 Å². The number of nitrogens with zero attached hydrogens (tertiary/aromatic N) is 1. The van der Waals surface area contributed by atoms with Crippen LogP contribution in [0.15, 0.2) is 53.5 Å². The maximum atomic E-state index is 13.5. The molecule has 0 atom stereocenters. The van der Waals surface area contributed by atoms with Crippen LogP contribution >= 0.6 is 20.2 Å². The molecule has 216 valence electrons. The Balaban J connectivity index is 1.47. The SMILES string of the molecule is CC(C)(C)OP(OCCCc1ccc2c(c1)c(=O)c(C(=O)NCc1ccc(Cl)cc1)cn2C1CC1)OC(C)(C)C. The number of rotatable bonds is 11. The fraction of sp³-hybridized carbons (Fsp3) is 0.484. The van der Waals surface area contributed by atoms with Crippen LogP contribution in [-0.4, -0.2) is 28.3 Å². The second kappa shape index (κ2) is 12.7. The topological polar surface area (TPSA) is 78.8 Å². The quantitative estimate of drug-likeness (QED) is 0.184. The maximum absolute atomic E-state index is 13.5. The number of halogens is 1. The second-order valence-corrected chi connectivity index (χ2v) is 13.7. The number of aromatic nitrogens is 1. The van der Waals surface area contributed by atoms with Crippen LogP contribution in [0.5, 0.6) is 0 Å². The zero-order chi connectivity index (χ0) is 29.1. The molecule has 0 saturated heterocycles. The number of hydrogen-bond donors (Lipinski definition) is 1. The van der Waals surface area contributed by atoms with Gasteiger partial charge in [-0.25, -0.2) is 0 Å². The first-order chi connectivity index (χ1) is 18.8. The number of aryl methyl sites for hydroxylation is 1. The van der Waals surface area contributed by atoms with Crippen LogP contribution < -0.4 is 10.7 Å². The standard InChI is InChI=1S/C31H40ClN2O5P/c1-30(2,3)38-40(39-31(4,5)6)37-17-7-8-21-11-16-27-25(18-21)28(35)26(20-34(27)24-14-15-24)29(36)33-19-22-9-12-23(32)13-10-22/h9-13,16,18,20,24H,7-8,14-15,17,19H2,1-6H3,(H,33,36).